The van der Waals surface area contributed by atoms with Gasteiger partial charge in [0.25, 0.3) is 11.5 Å². The smallest absolute Gasteiger partial charge is 0.253 e. The molecule has 7 nitrogen and oxygen atoms in total. The lowest BCUT2D eigenvalue weighted by molar-refractivity contribution is -0.142. The second-order valence-electron chi connectivity index (χ2n) is 7.28. The molecule has 142 valence electrons. The number of piperidine rings is 1. The molecule has 0 N–H and O–H groups in total. The molecule has 1 amide bonds. The van der Waals surface area contributed by atoms with Crippen molar-refractivity contribution in [3.05, 3.63) is 47.3 Å². The Labute approximate surface area is 158 Å². The van der Waals surface area contributed by atoms with E-state index in [1.165, 1.54) is 0 Å². The van der Waals surface area contributed by atoms with Gasteiger partial charge in [-0.25, -0.2) is 4.98 Å². The number of hydrogen-bond donors (Lipinski definition) is 0. The van der Waals surface area contributed by atoms with E-state index in [1.807, 2.05) is 17.0 Å². The Hall–Kier alpha value is -2.54. The highest BCUT2D eigenvalue weighted by atomic mass is 16.5. The largest absolute Gasteiger partial charge is 0.368 e. The SMILES string of the molecule is O=C(C1CCCO1)N1CCC(Cn2cnc(-c3cccnc3)cc2=O)CC1. The van der Waals surface area contributed by atoms with Gasteiger partial charge in [0.2, 0.25) is 0 Å². The summed E-state index contributed by atoms with van der Waals surface area (Å²) < 4.78 is 7.17. The summed E-state index contributed by atoms with van der Waals surface area (Å²) in [5.74, 6) is 0.507. The molecule has 2 aliphatic heterocycles. The Bertz CT molecular complexity index is 838. The molecule has 0 radical (unpaired) electrons. The van der Waals surface area contributed by atoms with Crippen molar-refractivity contribution in [1.29, 1.82) is 0 Å². The van der Waals surface area contributed by atoms with Crippen LogP contribution in [0.3, 0.4) is 0 Å². The third kappa shape index (κ3) is 4.08. The molecule has 27 heavy (non-hydrogen) atoms. The summed E-state index contributed by atoms with van der Waals surface area (Å²) in [6.07, 6.45) is 8.38. The van der Waals surface area contributed by atoms with Gasteiger partial charge in [0, 0.05) is 50.3 Å². The van der Waals surface area contributed by atoms with E-state index in [0.29, 0.717) is 24.8 Å². The second kappa shape index (κ2) is 8.00. The Morgan fingerprint density at radius 3 is 2.78 bits per heavy atom. The van der Waals surface area contributed by atoms with Gasteiger partial charge in [-0.3, -0.25) is 19.1 Å². The minimum atomic E-state index is -0.242. The van der Waals surface area contributed by atoms with Crippen LogP contribution in [0.15, 0.2) is 41.7 Å². The van der Waals surface area contributed by atoms with E-state index >= 15 is 0 Å². The van der Waals surface area contributed by atoms with E-state index < -0.39 is 0 Å². The number of likely N-dealkylation sites (tertiary alicyclic amines) is 1. The molecule has 4 rings (SSSR count). The summed E-state index contributed by atoms with van der Waals surface area (Å²) in [6, 6.07) is 5.28. The zero-order valence-corrected chi connectivity index (χ0v) is 15.3. The molecule has 1 unspecified atom stereocenters. The Morgan fingerprint density at radius 2 is 2.11 bits per heavy atom. The minimum absolute atomic E-state index is 0.0540. The molecule has 1 atom stereocenters. The number of hydrogen-bond acceptors (Lipinski definition) is 5. The third-order valence-corrected chi connectivity index (χ3v) is 5.42. The summed E-state index contributed by atoms with van der Waals surface area (Å²) in [6.45, 7) is 2.80. The lowest BCUT2D eigenvalue weighted by Crippen LogP contribution is -2.44. The van der Waals surface area contributed by atoms with Crippen molar-refractivity contribution in [2.75, 3.05) is 19.7 Å². The van der Waals surface area contributed by atoms with Gasteiger partial charge in [-0.1, -0.05) is 0 Å². The van der Waals surface area contributed by atoms with Gasteiger partial charge in [-0.15, -0.1) is 0 Å². The average molecular weight is 368 g/mol. The maximum Gasteiger partial charge on any atom is 0.253 e. The summed E-state index contributed by atoms with van der Waals surface area (Å²) in [4.78, 5) is 35.3. The Balaban J connectivity index is 1.35. The van der Waals surface area contributed by atoms with Crippen LogP contribution in [0.5, 0.6) is 0 Å². The molecule has 0 aromatic carbocycles. The van der Waals surface area contributed by atoms with Crippen molar-refractivity contribution in [3.63, 3.8) is 0 Å². The number of aromatic nitrogens is 3. The lowest BCUT2D eigenvalue weighted by Gasteiger charge is -2.33. The summed E-state index contributed by atoms with van der Waals surface area (Å²) in [5.41, 5.74) is 1.42. The zero-order chi connectivity index (χ0) is 18.6. The number of carbonyl (C=O) groups is 1. The van der Waals surface area contributed by atoms with Crippen LogP contribution in [0.1, 0.15) is 25.7 Å². The first-order chi connectivity index (χ1) is 13.2. The van der Waals surface area contributed by atoms with Crippen LogP contribution in [0.2, 0.25) is 0 Å². The topological polar surface area (TPSA) is 77.3 Å². The van der Waals surface area contributed by atoms with E-state index in [-0.39, 0.29) is 17.6 Å². The Kier molecular flexibility index (Phi) is 5.29. The maximum absolute atomic E-state index is 12.5. The number of carbonyl (C=O) groups excluding carboxylic acids is 1. The fourth-order valence-corrected chi connectivity index (χ4v) is 3.83. The normalized spacial score (nSPS) is 20.7. The van der Waals surface area contributed by atoms with Gasteiger partial charge in [0.15, 0.2) is 0 Å². The van der Waals surface area contributed by atoms with E-state index in [0.717, 1.165) is 44.3 Å². The van der Waals surface area contributed by atoms with Crippen LogP contribution in [-0.4, -0.2) is 51.1 Å². The highest BCUT2D eigenvalue weighted by molar-refractivity contribution is 5.81. The molecule has 2 aromatic heterocycles. The molecule has 0 bridgehead atoms. The van der Waals surface area contributed by atoms with Crippen LogP contribution in [0.4, 0.5) is 0 Å². The predicted octanol–water partition coefficient (Wildman–Crippen LogP) is 1.72. The van der Waals surface area contributed by atoms with Gasteiger partial charge in [0.05, 0.1) is 12.0 Å². The molecule has 0 aliphatic carbocycles. The molecule has 4 heterocycles. The molecule has 2 aromatic rings. The van der Waals surface area contributed by atoms with E-state index in [4.69, 9.17) is 4.74 Å². The van der Waals surface area contributed by atoms with Crippen molar-refractivity contribution in [3.8, 4) is 11.3 Å². The van der Waals surface area contributed by atoms with Gasteiger partial charge in [-0.05, 0) is 43.7 Å². The van der Waals surface area contributed by atoms with Crippen LogP contribution in [-0.2, 0) is 16.1 Å². The lowest BCUT2D eigenvalue weighted by atomic mass is 9.96. The van der Waals surface area contributed by atoms with E-state index in [2.05, 4.69) is 9.97 Å². The fourth-order valence-electron chi connectivity index (χ4n) is 3.83. The van der Waals surface area contributed by atoms with Gasteiger partial charge >= 0.3 is 0 Å². The van der Waals surface area contributed by atoms with Crippen molar-refractivity contribution in [2.24, 2.45) is 5.92 Å². The monoisotopic (exact) mass is 368 g/mol. The second-order valence-corrected chi connectivity index (χ2v) is 7.28. The van der Waals surface area contributed by atoms with Gasteiger partial charge in [-0.2, -0.15) is 0 Å². The van der Waals surface area contributed by atoms with Crippen LogP contribution < -0.4 is 5.56 Å². The summed E-state index contributed by atoms with van der Waals surface area (Å²) in [7, 11) is 0. The minimum Gasteiger partial charge on any atom is -0.368 e. The fraction of sp³-hybridized carbons (Fsp3) is 0.500. The first-order valence-corrected chi connectivity index (χ1v) is 9.58. The number of ether oxygens (including phenoxy) is 1. The van der Waals surface area contributed by atoms with E-state index in [1.54, 1.807) is 29.4 Å². The molecular weight excluding hydrogens is 344 g/mol. The maximum atomic E-state index is 12.5. The van der Waals surface area contributed by atoms with Crippen molar-refractivity contribution >= 4 is 5.91 Å². The third-order valence-electron chi connectivity index (χ3n) is 5.42. The number of amides is 1. The number of rotatable bonds is 4. The highest BCUT2D eigenvalue weighted by Gasteiger charge is 2.30. The molecule has 2 saturated heterocycles. The standard InChI is InChI=1S/C20H24N4O3/c25-19-11-17(16-3-1-7-21-12-16)22-14-24(19)13-15-5-8-23(9-6-15)20(26)18-4-2-10-27-18/h1,3,7,11-12,14-15,18H,2,4-6,8-10,13H2. The molecular formula is C20H24N4O3. The van der Waals surface area contributed by atoms with Crippen LogP contribution in [0, 0.1) is 5.92 Å². The number of nitrogens with zero attached hydrogens (tertiary/aromatic N) is 4. The van der Waals surface area contributed by atoms with Crippen LogP contribution >= 0.6 is 0 Å². The van der Waals surface area contributed by atoms with Gasteiger partial charge in [0.1, 0.15) is 6.10 Å². The van der Waals surface area contributed by atoms with Gasteiger partial charge < -0.3 is 9.64 Å². The first-order valence-electron chi connectivity index (χ1n) is 9.58. The summed E-state index contributed by atoms with van der Waals surface area (Å²) >= 11 is 0. The molecule has 7 heteroatoms. The first kappa shape index (κ1) is 17.9. The molecule has 0 saturated carbocycles. The van der Waals surface area contributed by atoms with Crippen molar-refractivity contribution in [1.82, 2.24) is 19.4 Å². The quantitative estimate of drug-likeness (QED) is 0.821. The molecule has 2 fully saturated rings. The van der Waals surface area contributed by atoms with E-state index in [9.17, 15) is 9.59 Å². The number of pyridine rings is 1. The zero-order valence-electron chi connectivity index (χ0n) is 15.3. The Morgan fingerprint density at radius 1 is 1.26 bits per heavy atom. The molecule has 2 aliphatic rings. The van der Waals surface area contributed by atoms with Crippen molar-refractivity contribution < 1.29 is 9.53 Å². The summed E-state index contributed by atoms with van der Waals surface area (Å²) in [5, 5.41) is 0. The predicted molar refractivity (Wildman–Crippen MR) is 100 cm³/mol. The highest BCUT2D eigenvalue weighted by Crippen LogP contribution is 2.22. The van der Waals surface area contributed by atoms with Crippen LogP contribution in [0.25, 0.3) is 11.3 Å². The molecule has 0 spiro atoms. The van der Waals surface area contributed by atoms with Crippen molar-refractivity contribution in [2.45, 2.75) is 38.3 Å². The average Bonchev–Trinajstić information content (AvgIpc) is 3.25.